The molecule has 0 bridgehead atoms. The summed E-state index contributed by atoms with van der Waals surface area (Å²) in [6.45, 7) is 6.59. The molecule has 0 N–H and O–H groups in total. The topological polar surface area (TPSA) is 38.8 Å². The van der Waals surface area contributed by atoms with Gasteiger partial charge in [-0.05, 0) is 62.3 Å². The van der Waals surface area contributed by atoms with Gasteiger partial charge >= 0.3 is 0 Å². The van der Waals surface area contributed by atoms with Crippen LogP contribution in [0.15, 0.2) is 35.7 Å². The van der Waals surface area contributed by atoms with Gasteiger partial charge in [0, 0.05) is 23.5 Å². The van der Waals surface area contributed by atoms with E-state index in [1.54, 1.807) is 0 Å². The van der Waals surface area contributed by atoms with Crippen LogP contribution in [-0.4, -0.2) is 37.1 Å². The minimum atomic E-state index is 0.0774. The van der Waals surface area contributed by atoms with Crippen molar-refractivity contribution in [1.82, 2.24) is 4.90 Å². The highest BCUT2D eigenvalue weighted by atomic mass is 32.1. The smallest absolute Gasteiger partial charge is 0.253 e. The summed E-state index contributed by atoms with van der Waals surface area (Å²) in [5.41, 5.74) is 0.668. The number of carbonyl (C=O) groups excluding carboxylic acids is 1. The lowest BCUT2D eigenvalue weighted by Gasteiger charge is -2.31. The lowest BCUT2D eigenvalue weighted by atomic mass is 9.95. The second-order valence-electron chi connectivity index (χ2n) is 6.11. The first kappa shape index (κ1) is 17.8. The summed E-state index contributed by atoms with van der Waals surface area (Å²) in [5.74, 6) is 2.00. The maximum Gasteiger partial charge on any atom is 0.253 e. The van der Waals surface area contributed by atoms with Crippen molar-refractivity contribution in [3.63, 3.8) is 0 Å². The van der Waals surface area contributed by atoms with Gasteiger partial charge in [-0.25, -0.2) is 0 Å². The molecule has 0 spiro atoms. The highest BCUT2D eigenvalue weighted by molar-refractivity contribution is 7.10. The second-order valence-corrected chi connectivity index (χ2v) is 7.09. The van der Waals surface area contributed by atoms with E-state index in [1.165, 1.54) is 4.88 Å². The number of amides is 1. The highest BCUT2D eigenvalue weighted by Gasteiger charge is 2.25. The molecule has 1 aliphatic rings. The van der Waals surface area contributed by atoms with Crippen molar-refractivity contribution < 1.29 is 14.3 Å². The molecule has 4 nitrogen and oxygen atoms in total. The number of ether oxygens (including phenoxy) is 2. The van der Waals surface area contributed by atoms with Gasteiger partial charge in [-0.15, -0.1) is 11.3 Å². The molecule has 25 heavy (non-hydrogen) atoms. The zero-order chi connectivity index (χ0) is 17.6. The summed E-state index contributed by atoms with van der Waals surface area (Å²) in [5, 5.41) is 2.13. The Kier molecular flexibility index (Phi) is 5.97. The van der Waals surface area contributed by atoms with Crippen molar-refractivity contribution in [1.29, 1.82) is 0 Å². The van der Waals surface area contributed by atoms with Crippen molar-refractivity contribution >= 4 is 17.2 Å². The Morgan fingerprint density at radius 3 is 2.48 bits per heavy atom. The summed E-state index contributed by atoms with van der Waals surface area (Å²) < 4.78 is 11.2. The molecule has 1 aliphatic heterocycles. The standard InChI is InChI=1S/C20H25NO3S/c1-3-23-17-8-7-16(14-18(17)24-4-2)20(22)21-11-9-15(10-12-21)19-6-5-13-25-19/h5-8,13-15H,3-4,9-12H2,1-2H3. The first-order valence-corrected chi connectivity index (χ1v) is 9.83. The Hall–Kier alpha value is -2.01. The lowest BCUT2D eigenvalue weighted by molar-refractivity contribution is 0.0713. The zero-order valence-corrected chi connectivity index (χ0v) is 15.7. The Morgan fingerprint density at radius 1 is 1.12 bits per heavy atom. The van der Waals surface area contributed by atoms with E-state index in [0.717, 1.165) is 25.9 Å². The first-order chi connectivity index (χ1) is 12.2. The van der Waals surface area contributed by atoms with E-state index in [0.29, 0.717) is 36.2 Å². The molecule has 2 aromatic rings. The normalized spacial score (nSPS) is 15.2. The summed E-state index contributed by atoms with van der Waals surface area (Å²) >= 11 is 1.82. The Bertz CT molecular complexity index is 691. The number of hydrogen-bond donors (Lipinski definition) is 0. The lowest BCUT2D eigenvalue weighted by Crippen LogP contribution is -2.37. The Labute approximate surface area is 153 Å². The zero-order valence-electron chi connectivity index (χ0n) is 14.9. The molecule has 0 atom stereocenters. The van der Waals surface area contributed by atoms with Crippen LogP contribution < -0.4 is 9.47 Å². The molecule has 0 aliphatic carbocycles. The van der Waals surface area contributed by atoms with E-state index in [4.69, 9.17) is 9.47 Å². The largest absolute Gasteiger partial charge is 0.490 e. The molecule has 0 radical (unpaired) electrons. The van der Waals surface area contributed by atoms with E-state index in [9.17, 15) is 4.79 Å². The van der Waals surface area contributed by atoms with E-state index in [2.05, 4.69) is 17.5 Å². The van der Waals surface area contributed by atoms with Gasteiger partial charge in [0.05, 0.1) is 13.2 Å². The number of rotatable bonds is 6. The van der Waals surface area contributed by atoms with Crippen LogP contribution in [0, 0.1) is 0 Å². The molecule has 3 rings (SSSR count). The van der Waals surface area contributed by atoms with Gasteiger partial charge in [0.2, 0.25) is 0 Å². The number of carbonyl (C=O) groups is 1. The molecule has 1 saturated heterocycles. The van der Waals surface area contributed by atoms with Gasteiger partial charge in [0.1, 0.15) is 0 Å². The minimum absolute atomic E-state index is 0.0774. The molecule has 0 saturated carbocycles. The number of hydrogen-bond acceptors (Lipinski definition) is 4. The van der Waals surface area contributed by atoms with Crippen molar-refractivity contribution in [3.05, 3.63) is 46.2 Å². The molecule has 5 heteroatoms. The quantitative estimate of drug-likeness (QED) is 0.759. The number of piperidine rings is 1. The van der Waals surface area contributed by atoms with Crippen molar-refractivity contribution in [2.75, 3.05) is 26.3 Å². The molecular formula is C20H25NO3S. The number of benzene rings is 1. The molecule has 2 heterocycles. The van der Waals surface area contributed by atoms with Gasteiger partial charge in [0.25, 0.3) is 5.91 Å². The maximum absolute atomic E-state index is 12.9. The van der Waals surface area contributed by atoms with Crippen LogP contribution in [0.3, 0.4) is 0 Å². The molecule has 1 aromatic heterocycles. The van der Waals surface area contributed by atoms with Gasteiger partial charge in [-0.2, -0.15) is 0 Å². The van der Waals surface area contributed by atoms with Gasteiger partial charge in [0.15, 0.2) is 11.5 Å². The number of likely N-dealkylation sites (tertiary alicyclic amines) is 1. The van der Waals surface area contributed by atoms with E-state index in [-0.39, 0.29) is 5.91 Å². The van der Waals surface area contributed by atoms with Crippen LogP contribution in [0.1, 0.15) is 47.8 Å². The molecular weight excluding hydrogens is 334 g/mol. The molecule has 134 valence electrons. The second kappa shape index (κ2) is 8.39. The third-order valence-corrected chi connectivity index (χ3v) is 5.55. The third kappa shape index (κ3) is 4.15. The van der Waals surface area contributed by atoms with Crippen molar-refractivity contribution in [3.8, 4) is 11.5 Å². The van der Waals surface area contributed by atoms with Crippen molar-refractivity contribution in [2.45, 2.75) is 32.6 Å². The average molecular weight is 359 g/mol. The van der Waals surface area contributed by atoms with E-state index in [1.807, 2.05) is 48.3 Å². The number of thiophene rings is 1. The van der Waals surface area contributed by atoms with Crippen molar-refractivity contribution in [2.24, 2.45) is 0 Å². The van der Waals surface area contributed by atoms with Gasteiger partial charge in [-0.1, -0.05) is 6.07 Å². The summed E-state index contributed by atoms with van der Waals surface area (Å²) in [6.07, 6.45) is 2.06. The van der Waals surface area contributed by atoms with Gasteiger partial charge in [-0.3, -0.25) is 4.79 Å². The molecule has 0 unspecified atom stereocenters. The average Bonchev–Trinajstić information content (AvgIpc) is 3.18. The molecule has 1 aromatic carbocycles. The summed E-state index contributed by atoms with van der Waals surface area (Å²) in [6, 6.07) is 9.78. The highest BCUT2D eigenvalue weighted by Crippen LogP contribution is 2.33. The fourth-order valence-electron chi connectivity index (χ4n) is 3.26. The molecule has 1 amide bonds. The Morgan fingerprint density at radius 2 is 1.84 bits per heavy atom. The number of nitrogens with zero attached hydrogens (tertiary/aromatic N) is 1. The Balaban J connectivity index is 1.67. The van der Waals surface area contributed by atoms with E-state index >= 15 is 0 Å². The van der Waals surface area contributed by atoms with Crippen LogP contribution in [0.4, 0.5) is 0 Å². The monoisotopic (exact) mass is 359 g/mol. The fourth-order valence-corrected chi connectivity index (χ4v) is 4.16. The third-order valence-electron chi connectivity index (χ3n) is 4.52. The van der Waals surface area contributed by atoms with Crippen LogP contribution in [0.25, 0.3) is 0 Å². The van der Waals surface area contributed by atoms with Gasteiger partial charge < -0.3 is 14.4 Å². The minimum Gasteiger partial charge on any atom is -0.490 e. The maximum atomic E-state index is 12.9. The fraction of sp³-hybridized carbons (Fsp3) is 0.450. The first-order valence-electron chi connectivity index (χ1n) is 8.95. The predicted octanol–water partition coefficient (Wildman–Crippen LogP) is 4.57. The van der Waals surface area contributed by atoms with Crippen LogP contribution in [0.2, 0.25) is 0 Å². The van der Waals surface area contributed by atoms with Crippen LogP contribution in [-0.2, 0) is 0 Å². The van der Waals surface area contributed by atoms with E-state index < -0.39 is 0 Å². The molecule has 1 fully saturated rings. The SMILES string of the molecule is CCOc1ccc(C(=O)N2CCC(c3cccs3)CC2)cc1OCC. The summed E-state index contributed by atoms with van der Waals surface area (Å²) in [7, 11) is 0. The van der Waals surface area contributed by atoms with Crippen LogP contribution >= 0.6 is 11.3 Å². The van der Waals surface area contributed by atoms with Crippen LogP contribution in [0.5, 0.6) is 11.5 Å². The predicted molar refractivity (Wildman–Crippen MR) is 101 cm³/mol. The summed E-state index contributed by atoms with van der Waals surface area (Å²) in [4.78, 5) is 16.2.